The summed E-state index contributed by atoms with van der Waals surface area (Å²) in [5.41, 5.74) is 9.48. The summed E-state index contributed by atoms with van der Waals surface area (Å²) in [7, 11) is 0. The van der Waals surface area contributed by atoms with Crippen LogP contribution in [0.25, 0.3) is 23.1 Å². The Balaban J connectivity index is 2.09. The third-order valence-electron chi connectivity index (χ3n) is 2.81. The van der Waals surface area contributed by atoms with E-state index in [-0.39, 0.29) is 0 Å². The van der Waals surface area contributed by atoms with E-state index in [0.29, 0.717) is 23.2 Å². The van der Waals surface area contributed by atoms with Crippen molar-refractivity contribution in [2.75, 3.05) is 5.73 Å². The Morgan fingerprint density at radius 1 is 1.26 bits per heavy atom. The van der Waals surface area contributed by atoms with Gasteiger partial charge in [0.25, 0.3) is 5.89 Å². The molecule has 7 nitrogen and oxygen atoms in total. The molecule has 0 bridgehead atoms. The van der Waals surface area contributed by atoms with Crippen molar-refractivity contribution in [3.8, 4) is 23.1 Å². The Hall–Kier alpha value is -2.70. The number of benzene rings is 1. The molecule has 96 valence electrons. The second kappa shape index (κ2) is 4.20. The van der Waals surface area contributed by atoms with Crippen LogP contribution < -0.4 is 5.73 Å². The average molecular weight is 256 g/mol. The highest BCUT2D eigenvalue weighted by molar-refractivity contribution is 5.74. The summed E-state index contributed by atoms with van der Waals surface area (Å²) in [4.78, 5) is 8.24. The van der Waals surface area contributed by atoms with Crippen LogP contribution in [0.5, 0.6) is 0 Å². The summed E-state index contributed by atoms with van der Waals surface area (Å²) < 4.78 is 5.24. The number of nitrogens with zero attached hydrogens (tertiary/aromatic N) is 4. The van der Waals surface area contributed by atoms with E-state index < -0.39 is 0 Å². The van der Waals surface area contributed by atoms with Gasteiger partial charge < -0.3 is 10.3 Å². The first-order valence-electron chi connectivity index (χ1n) is 5.71. The first-order chi connectivity index (χ1) is 9.15. The third-order valence-corrected chi connectivity index (χ3v) is 2.81. The standard InChI is InChI=1S/C12H12N6O/c1-6-3-7(2)9(13)8(4-6)12-16-11(18-19-12)10-14-5-15-17-10/h3-5H,13H2,1-2H3,(H,14,15,17). The van der Waals surface area contributed by atoms with Crippen LogP contribution in [0.2, 0.25) is 0 Å². The van der Waals surface area contributed by atoms with E-state index in [2.05, 4.69) is 25.3 Å². The van der Waals surface area contributed by atoms with Crippen LogP contribution in [0.15, 0.2) is 23.0 Å². The summed E-state index contributed by atoms with van der Waals surface area (Å²) in [6, 6.07) is 3.92. The van der Waals surface area contributed by atoms with E-state index in [9.17, 15) is 0 Å². The largest absolute Gasteiger partial charge is 0.398 e. The van der Waals surface area contributed by atoms with Crippen molar-refractivity contribution in [2.45, 2.75) is 13.8 Å². The number of hydrogen-bond acceptors (Lipinski definition) is 6. The Labute approximate surface area is 108 Å². The Morgan fingerprint density at radius 3 is 2.84 bits per heavy atom. The molecule has 3 rings (SSSR count). The normalized spacial score (nSPS) is 10.8. The molecule has 0 atom stereocenters. The third kappa shape index (κ3) is 1.95. The first kappa shape index (κ1) is 11.4. The number of anilines is 1. The molecule has 0 unspecified atom stereocenters. The fourth-order valence-electron chi connectivity index (χ4n) is 1.90. The zero-order valence-corrected chi connectivity index (χ0v) is 10.5. The van der Waals surface area contributed by atoms with E-state index in [1.165, 1.54) is 6.33 Å². The van der Waals surface area contributed by atoms with Gasteiger partial charge >= 0.3 is 0 Å². The SMILES string of the molecule is Cc1cc(C)c(N)c(-c2nc(-c3ncn[nH]3)no2)c1. The predicted molar refractivity (Wildman–Crippen MR) is 69.0 cm³/mol. The Bertz CT molecular complexity index is 716. The lowest BCUT2D eigenvalue weighted by Crippen LogP contribution is -1.95. The smallest absolute Gasteiger partial charge is 0.260 e. The molecular weight excluding hydrogens is 244 g/mol. The monoisotopic (exact) mass is 256 g/mol. The van der Waals surface area contributed by atoms with Gasteiger partial charge in [-0.25, -0.2) is 4.98 Å². The lowest BCUT2D eigenvalue weighted by Gasteiger charge is -2.06. The predicted octanol–water partition coefficient (Wildman–Crippen LogP) is 1.72. The molecule has 0 fully saturated rings. The fourth-order valence-corrected chi connectivity index (χ4v) is 1.90. The molecule has 19 heavy (non-hydrogen) atoms. The van der Waals surface area contributed by atoms with Crippen LogP contribution in [-0.2, 0) is 0 Å². The van der Waals surface area contributed by atoms with Gasteiger partial charge in [0.05, 0.1) is 5.56 Å². The molecule has 3 aromatic rings. The van der Waals surface area contributed by atoms with Crippen LogP contribution >= 0.6 is 0 Å². The van der Waals surface area contributed by atoms with Crippen molar-refractivity contribution in [3.05, 3.63) is 29.6 Å². The summed E-state index contributed by atoms with van der Waals surface area (Å²) in [5.74, 6) is 1.18. The van der Waals surface area contributed by atoms with Crippen molar-refractivity contribution in [3.63, 3.8) is 0 Å². The van der Waals surface area contributed by atoms with Gasteiger partial charge in [-0.3, -0.25) is 5.10 Å². The molecule has 1 aromatic carbocycles. The van der Waals surface area contributed by atoms with Gasteiger partial charge in [-0.1, -0.05) is 11.2 Å². The van der Waals surface area contributed by atoms with E-state index in [1.54, 1.807) is 0 Å². The molecule has 0 aliphatic heterocycles. The average Bonchev–Trinajstić information content (AvgIpc) is 3.03. The fraction of sp³-hybridized carbons (Fsp3) is 0.167. The van der Waals surface area contributed by atoms with Gasteiger partial charge in [0.15, 0.2) is 5.82 Å². The first-order valence-corrected chi connectivity index (χ1v) is 5.71. The van der Waals surface area contributed by atoms with Crippen molar-refractivity contribution < 1.29 is 4.52 Å². The van der Waals surface area contributed by atoms with E-state index >= 15 is 0 Å². The maximum absolute atomic E-state index is 6.05. The maximum Gasteiger partial charge on any atom is 0.260 e. The molecule has 7 heteroatoms. The van der Waals surface area contributed by atoms with E-state index in [0.717, 1.165) is 16.7 Å². The number of aromatic amines is 1. The minimum Gasteiger partial charge on any atom is -0.398 e. The van der Waals surface area contributed by atoms with Crippen LogP contribution in [0.4, 0.5) is 5.69 Å². The van der Waals surface area contributed by atoms with Gasteiger partial charge in [-0.2, -0.15) is 10.1 Å². The number of nitrogens with one attached hydrogen (secondary N) is 1. The quantitative estimate of drug-likeness (QED) is 0.676. The molecule has 0 radical (unpaired) electrons. The molecule has 2 heterocycles. The van der Waals surface area contributed by atoms with Crippen LogP contribution in [0.1, 0.15) is 11.1 Å². The second-order valence-electron chi connectivity index (χ2n) is 4.30. The van der Waals surface area contributed by atoms with Crippen LogP contribution in [0, 0.1) is 13.8 Å². The minimum atomic E-state index is 0.353. The molecule has 0 saturated heterocycles. The molecule has 0 spiro atoms. The summed E-state index contributed by atoms with van der Waals surface area (Å²) >= 11 is 0. The van der Waals surface area contributed by atoms with Gasteiger partial charge in [-0.05, 0) is 31.0 Å². The highest BCUT2D eigenvalue weighted by atomic mass is 16.5. The van der Waals surface area contributed by atoms with Gasteiger partial charge in [-0.15, -0.1) is 0 Å². The van der Waals surface area contributed by atoms with Gasteiger partial charge in [0.1, 0.15) is 6.33 Å². The lowest BCUT2D eigenvalue weighted by molar-refractivity contribution is 0.432. The summed E-state index contributed by atoms with van der Waals surface area (Å²) in [6.07, 6.45) is 1.39. The molecule has 2 aromatic heterocycles. The van der Waals surface area contributed by atoms with Gasteiger partial charge in [0.2, 0.25) is 5.82 Å². The Kier molecular flexibility index (Phi) is 2.52. The number of rotatable bonds is 2. The highest BCUT2D eigenvalue weighted by Gasteiger charge is 2.15. The Morgan fingerprint density at radius 2 is 2.11 bits per heavy atom. The van der Waals surface area contributed by atoms with Gasteiger partial charge in [0, 0.05) is 5.69 Å². The lowest BCUT2D eigenvalue weighted by atomic mass is 10.0. The number of nitrogens with two attached hydrogens (primary N) is 1. The number of H-pyrrole nitrogens is 1. The molecule has 0 aliphatic rings. The molecule has 0 amide bonds. The molecule has 3 N–H and O–H groups in total. The van der Waals surface area contributed by atoms with Crippen molar-refractivity contribution >= 4 is 5.69 Å². The summed E-state index contributed by atoms with van der Waals surface area (Å²) in [6.45, 7) is 3.93. The number of hydrogen-bond donors (Lipinski definition) is 2. The number of nitrogen functional groups attached to an aromatic ring is 1. The molecule has 0 saturated carbocycles. The molecule has 0 aliphatic carbocycles. The highest BCUT2D eigenvalue weighted by Crippen LogP contribution is 2.29. The topological polar surface area (TPSA) is 107 Å². The number of aromatic nitrogens is 5. The molecular formula is C12H12N6O. The van der Waals surface area contributed by atoms with E-state index in [4.69, 9.17) is 10.3 Å². The maximum atomic E-state index is 6.05. The zero-order valence-electron chi connectivity index (χ0n) is 10.5. The van der Waals surface area contributed by atoms with Crippen molar-refractivity contribution in [1.82, 2.24) is 25.3 Å². The van der Waals surface area contributed by atoms with Crippen molar-refractivity contribution in [2.24, 2.45) is 0 Å². The zero-order chi connectivity index (χ0) is 13.4. The number of aryl methyl sites for hydroxylation is 2. The minimum absolute atomic E-state index is 0.353. The van der Waals surface area contributed by atoms with Crippen LogP contribution in [0.3, 0.4) is 0 Å². The van der Waals surface area contributed by atoms with Crippen LogP contribution in [-0.4, -0.2) is 25.3 Å². The van der Waals surface area contributed by atoms with Crippen molar-refractivity contribution in [1.29, 1.82) is 0 Å². The van der Waals surface area contributed by atoms with E-state index in [1.807, 2.05) is 26.0 Å². The second-order valence-corrected chi connectivity index (χ2v) is 4.30. The summed E-state index contributed by atoms with van der Waals surface area (Å²) in [5, 5.41) is 10.3.